The summed E-state index contributed by atoms with van der Waals surface area (Å²) < 4.78 is 5.12. The summed E-state index contributed by atoms with van der Waals surface area (Å²) in [7, 11) is 0. The number of aryl methyl sites for hydroxylation is 1. The molecule has 0 saturated carbocycles. The number of aromatic nitrogens is 3. The summed E-state index contributed by atoms with van der Waals surface area (Å²) in [6.45, 7) is 3.60. The molecule has 2 amide bonds. The van der Waals surface area contributed by atoms with Crippen LogP contribution >= 0.6 is 0 Å². The van der Waals surface area contributed by atoms with E-state index in [1.54, 1.807) is 17.9 Å². The number of nitrogens with one attached hydrogen (secondary N) is 2. The van der Waals surface area contributed by atoms with Gasteiger partial charge in [0.05, 0.1) is 5.69 Å². The Labute approximate surface area is 168 Å². The lowest BCUT2D eigenvalue weighted by Crippen LogP contribution is -2.41. The number of hydrogen-bond donors (Lipinski definition) is 2. The summed E-state index contributed by atoms with van der Waals surface area (Å²) in [5.74, 6) is 0.609. The summed E-state index contributed by atoms with van der Waals surface area (Å²) >= 11 is 0. The Morgan fingerprint density at radius 2 is 2.00 bits per heavy atom. The maximum Gasteiger partial charge on any atom is 0.276 e. The van der Waals surface area contributed by atoms with Crippen molar-refractivity contribution in [3.63, 3.8) is 0 Å². The van der Waals surface area contributed by atoms with Gasteiger partial charge in [0, 0.05) is 25.2 Å². The zero-order chi connectivity index (χ0) is 20.2. The van der Waals surface area contributed by atoms with Crippen LogP contribution in [0.3, 0.4) is 0 Å². The molecule has 2 N–H and O–H groups in total. The van der Waals surface area contributed by atoms with E-state index in [4.69, 9.17) is 4.42 Å². The minimum absolute atomic E-state index is 0.0929. The summed E-state index contributed by atoms with van der Waals surface area (Å²) in [4.78, 5) is 30.7. The van der Waals surface area contributed by atoms with Crippen molar-refractivity contribution in [1.82, 2.24) is 25.4 Å². The summed E-state index contributed by atoms with van der Waals surface area (Å²) in [5, 5.41) is 10.00. The monoisotopic (exact) mass is 393 g/mol. The molecule has 1 aromatic carbocycles. The van der Waals surface area contributed by atoms with E-state index >= 15 is 0 Å². The number of H-pyrrole nitrogens is 1. The van der Waals surface area contributed by atoms with Gasteiger partial charge in [0.1, 0.15) is 11.5 Å². The molecule has 1 fully saturated rings. The molecule has 0 radical (unpaired) electrons. The molecule has 8 nitrogen and oxygen atoms in total. The van der Waals surface area contributed by atoms with Gasteiger partial charge >= 0.3 is 0 Å². The van der Waals surface area contributed by atoms with Gasteiger partial charge in [0.25, 0.3) is 11.8 Å². The standard InChI is InChI=1S/C21H23N5O3/c1-14-19(23-13-29-14)21(28)26-9-7-15(8-10-26)12-22-20(27)18-11-17(24-25-18)16-5-3-2-4-6-16/h2-6,11,13,15H,7-10,12H2,1H3,(H,22,27)(H,24,25). The number of rotatable bonds is 5. The van der Waals surface area contributed by atoms with Gasteiger partial charge in [-0.1, -0.05) is 30.3 Å². The quantitative estimate of drug-likeness (QED) is 0.693. The highest BCUT2D eigenvalue weighted by atomic mass is 16.3. The van der Waals surface area contributed by atoms with Crippen molar-refractivity contribution in [1.29, 1.82) is 0 Å². The van der Waals surface area contributed by atoms with Crippen molar-refractivity contribution in [3.05, 3.63) is 59.9 Å². The molecule has 1 aliphatic heterocycles. The third-order valence-corrected chi connectivity index (χ3v) is 5.29. The second-order valence-electron chi connectivity index (χ2n) is 7.24. The lowest BCUT2D eigenvalue weighted by molar-refractivity contribution is 0.0677. The van der Waals surface area contributed by atoms with Gasteiger partial charge in [-0.2, -0.15) is 5.10 Å². The fourth-order valence-electron chi connectivity index (χ4n) is 3.53. The molecule has 1 aliphatic rings. The van der Waals surface area contributed by atoms with Crippen molar-refractivity contribution >= 4 is 11.8 Å². The number of hydrogen-bond acceptors (Lipinski definition) is 5. The number of aromatic amines is 1. The van der Waals surface area contributed by atoms with Crippen LogP contribution in [0.2, 0.25) is 0 Å². The van der Waals surface area contributed by atoms with E-state index in [0.717, 1.165) is 24.1 Å². The maximum atomic E-state index is 12.5. The Hall–Kier alpha value is -3.42. The van der Waals surface area contributed by atoms with Crippen LogP contribution in [0, 0.1) is 12.8 Å². The molecule has 3 heterocycles. The number of nitrogens with zero attached hydrogens (tertiary/aromatic N) is 3. The molecule has 4 rings (SSSR count). The lowest BCUT2D eigenvalue weighted by atomic mass is 9.96. The smallest absolute Gasteiger partial charge is 0.276 e. The van der Waals surface area contributed by atoms with Crippen molar-refractivity contribution in [3.8, 4) is 11.3 Å². The molecule has 2 aromatic heterocycles. The number of amides is 2. The highest BCUT2D eigenvalue weighted by Gasteiger charge is 2.26. The fourth-order valence-corrected chi connectivity index (χ4v) is 3.53. The molecule has 1 saturated heterocycles. The number of oxazole rings is 1. The molecule has 29 heavy (non-hydrogen) atoms. The Kier molecular flexibility index (Phi) is 5.41. The number of piperidine rings is 1. The van der Waals surface area contributed by atoms with Gasteiger partial charge < -0.3 is 14.6 Å². The topological polar surface area (TPSA) is 104 Å². The Morgan fingerprint density at radius 3 is 2.69 bits per heavy atom. The predicted octanol–water partition coefficient (Wildman–Crippen LogP) is 2.66. The molecule has 0 aliphatic carbocycles. The fraction of sp³-hybridized carbons (Fsp3) is 0.333. The zero-order valence-electron chi connectivity index (χ0n) is 16.2. The maximum absolute atomic E-state index is 12.5. The minimum atomic E-state index is -0.170. The van der Waals surface area contributed by atoms with Crippen LogP contribution in [0.4, 0.5) is 0 Å². The normalized spacial score (nSPS) is 14.7. The van der Waals surface area contributed by atoms with Crippen LogP contribution in [-0.4, -0.2) is 51.5 Å². The third kappa shape index (κ3) is 4.21. The average molecular weight is 393 g/mol. The second kappa shape index (κ2) is 8.30. The highest BCUT2D eigenvalue weighted by Crippen LogP contribution is 2.20. The Morgan fingerprint density at radius 1 is 1.24 bits per heavy atom. The van der Waals surface area contributed by atoms with Gasteiger partial charge in [-0.05, 0) is 31.7 Å². The van der Waals surface area contributed by atoms with Crippen LogP contribution in [-0.2, 0) is 0 Å². The number of likely N-dealkylation sites (tertiary alicyclic amines) is 1. The number of benzene rings is 1. The van der Waals surface area contributed by atoms with Crippen LogP contribution in [0.25, 0.3) is 11.3 Å². The minimum Gasteiger partial charge on any atom is -0.448 e. The van der Waals surface area contributed by atoms with Crippen LogP contribution in [0.5, 0.6) is 0 Å². The highest BCUT2D eigenvalue weighted by molar-refractivity contribution is 5.93. The van der Waals surface area contributed by atoms with Gasteiger partial charge in [0.15, 0.2) is 12.1 Å². The number of carbonyl (C=O) groups excluding carboxylic acids is 2. The summed E-state index contributed by atoms with van der Waals surface area (Å²) in [6.07, 6.45) is 2.96. The van der Waals surface area contributed by atoms with E-state index in [1.807, 2.05) is 30.3 Å². The van der Waals surface area contributed by atoms with Gasteiger partial charge in [-0.15, -0.1) is 0 Å². The van der Waals surface area contributed by atoms with Gasteiger partial charge in [-0.3, -0.25) is 14.7 Å². The van der Waals surface area contributed by atoms with E-state index in [0.29, 0.717) is 42.7 Å². The summed E-state index contributed by atoms with van der Waals surface area (Å²) in [5.41, 5.74) is 2.52. The van der Waals surface area contributed by atoms with E-state index in [1.165, 1.54) is 6.39 Å². The Bertz CT molecular complexity index is 987. The molecule has 0 atom stereocenters. The van der Waals surface area contributed by atoms with Crippen molar-refractivity contribution < 1.29 is 14.0 Å². The van der Waals surface area contributed by atoms with Gasteiger partial charge in [-0.25, -0.2) is 4.98 Å². The molecular weight excluding hydrogens is 370 g/mol. The van der Waals surface area contributed by atoms with Crippen LogP contribution in [0.15, 0.2) is 47.2 Å². The predicted molar refractivity (Wildman–Crippen MR) is 106 cm³/mol. The van der Waals surface area contributed by atoms with E-state index in [9.17, 15) is 9.59 Å². The first-order valence-corrected chi connectivity index (χ1v) is 9.70. The zero-order valence-corrected chi connectivity index (χ0v) is 16.2. The van der Waals surface area contributed by atoms with Gasteiger partial charge in [0.2, 0.25) is 0 Å². The second-order valence-corrected chi connectivity index (χ2v) is 7.24. The van der Waals surface area contributed by atoms with Crippen LogP contribution in [0.1, 0.15) is 39.6 Å². The first-order valence-electron chi connectivity index (χ1n) is 9.70. The molecule has 8 heteroatoms. The summed E-state index contributed by atoms with van der Waals surface area (Å²) in [6, 6.07) is 11.5. The molecule has 3 aromatic rings. The Balaban J connectivity index is 1.26. The van der Waals surface area contributed by atoms with Crippen molar-refractivity contribution in [2.24, 2.45) is 5.92 Å². The first-order chi connectivity index (χ1) is 14.1. The van der Waals surface area contributed by atoms with E-state index in [-0.39, 0.29) is 11.8 Å². The van der Waals surface area contributed by atoms with Crippen molar-refractivity contribution in [2.45, 2.75) is 19.8 Å². The average Bonchev–Trinajstić information content (AvgIpc) is 3.42. The lowest BCUT2D eigenvalue weighted by Gasteiger charge is -2.31. The third-order valence-electron chi connectivity index (χ3n) is 5.29. The van der Waals surface area contributed by atoms with E-state index in [2.05, 4.69) is 20.5 Å². The number of carbonyl (C=O) groups is 2. The van der Waals surface area contributed by atoms with Crippen molar-refractivity contribution in [2.75, 3.05) is 19.6 Å². The molecular formula is C21H23N5O3. The van der Waals surface area contributed by atoms with E-state index < -0.39 is 0 Å². The molecule has 0 bridgehead atoms. The molecule has 0 spiro atoms. The largest absolute Gasteiger partial charge is 0.448 e. The molecule has 0 unspecified atom stereocenters. The SMILES string of the molecule is Cc1ocnc1C(=O)N1CCC(CNC(=O)c2cc(-c3ccccc3)n[nH]2)CC1. The molecule has 150 valence electrons. The first kappa shape index (κ1) is 18.9. The van der Waals surface area contributed by atoms with Crippen LogP contribution < -0.4 is 5.32 Å².